The Labute approximate surface area is 147 Å². The van der Waals surface area contributed by atoms with E-state index in [0.717, 1.165) is 17.4 Å². The highest BCUT2D eigenvalue weighted by Crippen LogP contribution is 2.17. The lowest BCUT2D eigenvalue weighted by atomic mass is 10.1. The summed E-state index contributed by atoms with van der Waals surface area (Å²) >= 11 is 0. The molecule has 0 aliphatic heterocycles. The Hall–Kier alpha value is -1.98. The van der Waals surface area contributed by atoms with Gasteiger partial charge in [-0.1, -0.05) is 24.3 Å². The molecule has 0 radical (unpaired) electrons. The molecule has 0 heterocycles. The van der Waals surface area contributed by atoms with E-state index in [9.17, 15) is 13.9 Å². The minimum Gasteiger partial charge on any atom is -0.491 e. The van der Waals surface area contributed by atoms with Gasteiger partial charge in [0, 0.05) is 30.8 Å². The number of hydrogen-bond acceptors (Lipinski definition) is 3. The van der Waals surface area contributed by atoms with Crippen LogP contribution in [0.25, 0.3) is 0 Å². The summed E-state index contributed by atoms with van der Waals surface area (Å²) in [7, 11) is 0. The second kappa shape index (κ2) is 8.92. The topological polar surface area (TPSA) is 32.7 Å². The van der Waals surface area contributed by atoms with Gasteiger partial charge in [0.05, 0.1) is 0 Å². The molecule has 1 N–H and O–H groups in total. The molecule has 0 saturated heterocycles. The molecule has 0 aliphatic carbocycles. The number of aliphatic hydroxyl groups is 1. The van der Waals surface area contributed by atoms with Crippen molar-refractivity contribution in [1.82, 2.24) is 4.90 Å². The third-order valence-electron chi connectivity index (χ3n) is 4.09. The maximum Gasteiger partial charge on any atom is 0.130 e. The number of halogens is 2. The molecule has 1 unspecified atom stereocenters. The van der Waals surface area contributed by atoms with Gasteiger partial charge in [-0.3, -0.25) is 4.90 Å². The summed E-state index contributed by atoms with van der Waals surface area (Å²) in [6.45, 7) is 6.66. The molecule has 0 fully saturated rings. The van der Waals surface area contributed by atoms with Gasteiger partial charge in [-0.2, -0.15) is 0 Å². The van der Waals surface area contributed by atoms with Crippen molar-refractivity contribution in [3.8, 4) is 5.75 Å². The van der Waals surface area contributed by atoms with Crippen molar-refractivity contribution in [2.75, 3.05) is 13.2 Å². The van der Waals surface area contributed by atoms with Gasteiger partial charge < -0.3 is 9.84 Å². The summed E-state index contributed by atoms with van der Waals surface area (Å²) in [5, 5.41) is 10.3. The molecule has 3 nitrogen and oxygen atoms in total. The first kappa shape index (κ1) is 19.3. The van der Waals surface area contributed by atoms with E-state index in [1.54, 1.807) is 0 Å². The first-order valence-electron chi connectivity index (χ1n) is 8.41. The van der Waals surface area contributed by atoms with Crippen LogP contribution in [0.3, 0.4) is 0 Å². The lowest BCUT2D eigenvalue weighted by Gasteiger charge is -2.29. The highest BCUT2D eigenvalue weighted by molar-refractivity contribution is 5.31. The van der Waals surface area contributed by atoms with E-state index >= 15 is 0 Å². The molecule has 25 heavy (non-hydrogen) atoms. The van der Waals surface area contributed by atoms with Gasteiger partial charge in [0.1, 0.15) is 30.1 Å². The SMILES string of the molecule is Cc1ccccc1OCC(O)CN(Cc1ccc(F)cc1F)C(C)C. The smallest absolute Gasteiger partial charge is 0.130 e. The first-order chi connectivity index (χ1) is 11.9. The van der Waals surface area contributed by atoms with Gasteiger partial charge in [-0.05, 0) is 38.5 Å². The van der Waals surface area contributed by atoms with Crippen LogP contribution in [0.15, 0.2) is 42.5 Å². The summed E-state index contributed by atoms with van der Waals surface area (Å²) in [6, 6.07) is 11.3. The molecule has 2 aromatic carbocycles. The van der Waals surface area contributed by atoms with Gasteiger partial charge in [-0.15, -0.1) is 0 Å². The van der Waals surface area contributed by atoms with Crippen molar-refractivity contribution < 1.29 is 18.6 Å². The molecule has 2 aromatic rings. The van der Waals surface area contributed by atoms with Crippen LogP contribution in [0.5, 0.6) is 5.75 Å². The predicted octanol–water partition coefficient (Wildman–Crippen LogP) is 3.92. The summed E-state index contributed by atoms with van der Waals surface area (Å²) in [5.74, 6) is -0.428. The number of para-hydroxylation sites is 1. The quantitative estimate of drug-likeness (QED) is 0.784. The highest BCUT2D eigenvalue weighted by Gasteiger charge is 2.18. The monoisotopic (exact) mass is 349 g/mol. The molecule has 136 valence electrons. The molecule has 1 atom stereocenters. The maximum absolute atomic E-state index is 13.9. The van der Waals surface area contributed by atoms with Gasteiger partial charge in [-0.25, -0.2) is 8.78 Å². The molecule has 0 aliphatic rings. The molecule has 2 rings (SSSR count). The van der Waals surface area contributed by atoms with Gasteiger partial charge >= 0.3 is 0 Å². The Balaban J connectivity index is 1.95. The van der Waals surface area contributed by atoms with Crippen LogP contribution in [0, 0.1) is 18.6 Å². The zero-order valence-corrected chi connectivity index (χ0v) is 14.9. The third-order valence-corrected chi connectivity index (χ3v) is 4.09. The van der Waals surface area contributed by atoms with Crippen molar-refractivity contribution in [3.63, 3.8) is 0 Å². The Morgan fingerprint density at radius 3 is 2.48 bits per heavy atom. The summed E-state index contributed by atoms with van der Waals surface area (Å²) in [5.41, 5.74) is 1.41. The van der Waals surface area contributed by atoms with Crippen LogP contribution >= 0.6 is 0 Å². The van der Waals surface area contributed by atoms with Crippen LogP contribution in [-0.2, 0) is 6.54 Å². The van der Waals surface area contributed by atoms with Crippen LogP contribution in [0.2, 0.25) is 0 Å². The summed E-state index contributed by atoms with van der Waals surface area (Å²) < 4.78 is 32.6. The zero-order chi connectivity index (χ0) is 18.4. The normalized spacial score (nSPS) is 12.6. The van der Waals surface area contributed by atoms with Crippen LogP contribution in [-0.4, -0.2) is 35.3 Å². The third kappa shape index (κ3) is 5.80. The number of benzene rings is 2. The maximum atomic E-state index is 13.9. The second-order valence-electron chi connectivity index (χ2n) is 6.49. The minimum absolute atomic E-state index is 0.0950. The van der Waals surface area contributed by atoms with Gasteiger partial charge in [0.2, 0.25) is 0 Å². The number of aryl methyl sites for hydroxylation is 1. The van der Waals surface area contributed by atoms with Crippen molar-refractivity contribution in [2.24, 2.45) is 0 Å². The molecule has 0 spiro atoms. The van der Waals surface area contributed by atoms with E-state index in [1.165, 1.54) is 12.1 Å². The van der Waals surface area contributed by atoms with E-state index in [-0.39, 0.29) is 12.6 Å². The van der Waals surface area contributed by atoms with Gasteiger partial charge in [0.15, 0.2) is 0 Å². The van der Waals surface area contributed by atoms with Crippen molar-refractivity contribution in [1.29, 1.82) is 0 Å². The average Bonchev–Trinajstić information content (AvgIpc) is 2.55. The highest BCUT2D eigenvalue weighted by atomic mass is 19.1. The minimum atomic E-state index is -0.717. The molecular formula is C20H25F2NO2. The van der Waals surface area contributed by atoms with Crippen molar-refractivity contribution >= 4 is 0 Å². The van der Waals surface area contributed by atoms with E-state index in [1.807, 2.05) is 49.9 Å². The fourth-order valence-electron chi connectivity index (χ4n) is 2.55. The number of rotatable bonds is 8. The summed E-state index contributed by atoms with van der Waals surface area (Å²) in [6.07, 6.45) is -0.717. The molecular weight excluding hydrogens is 324 g/mol. The standard InChI is InChI=1S/C20H25F2NO2/c1-14(2)23(11-16-8-9-17(21)10-19(16)22)12-18(24)13-25-20-7-5-4-6-15(20)3/h4-10,14,18,24H,11-13H2,1-3H3. The van der Waals surface area contributed by atoms with Gasteiger partial charge in [0.25, 0.3) is 0 Å². The van der Waals surface area contributed by atoms with Crippen LogP contribution in [0.4, 0.5) is 8.78 Å². The largest absolute Gasteiger partial charge is 0.491 e. The molecule has 0 saturated carbocycles. The average molecular weight is 349 g/mol. The number of aliphatic hydroxyl groups excluding tert-OH is 1. The fourth-order valence-corrected chi connectivity index (χ4v) is 2.55. The van der Waals surface area contributed by atoms with E-state index in [4.69, 9.17) is 4.74 Å². The Kier molecular flexibility index (Phi) is 6.91. The zero-order valence-electron chi connectivity index (χ0n) is 14.9. The lowest BCUT2D eigenvalue weighted by Crippen LogP contribution is -2.39. The molecule has 5 heteroatoms. The predicted molar refractivity (Wildman–Crippen MR) is 94.6 cm³/mol. The number of hydrogen-bond donors (Lipinski definition) is 1. The van der Waals surface area contributed by atoms with Crippen LogP contribution < -0.4 is 4.74 Å². The fraction of sp³-hybridized carbons (Fsp3) is 0.400. The number of ether oxygens (including phenoxy) is 1. The summed E-state index contributed by atoms with van der Waals surface area (Å²) in [4.78, 5) is 1.93. The van der Waals surface area contributed by atoms with Crippen LogP contribution in [0.1, 0.15) is 25.0 Å². The first-order valence-corrected chi connectivity index (χ1v) is 8.41. The Morgan fingerprint density at radius 2 is 1.84 bits per heavy atom. The Bertz CT molecular complexity index is 691. The van der Waals surface area contributed by atoms with Crippen molar-refractivity contribution in [3.05, 3.63) is 65.2 Å². The number of nitrogens with zero attached hydrogens (tertiary/aromatic N) is 1. The van der Waals surface area contributed by atoms with E-state index < -0.39 is 17.7 Å². The molecule has 0 bridgehead atoms. The van der Waals surface area contributed by atoms with Crippen molar-refractivity contribution in [2.45, 2.75) is 39.5 Å². The Morgan fingerprint density at radius 1 is 1.12 bits per heavy atom. The lowest BCUT2D eigenvalue weighted by molar-refractivity contribution is 0.0537. The molecule has 0 aromatic heterocycles. The van der Waals surface area contributed by atoms with E-state index in [2.05, 4.69) is 0 Å². The molecule has 0 amide bonds. The van der Waals surface area contributed by atoms with E-state index in [0.29, 0.717) is 18.7 Å². The second-order valence-corrected chi connectivity index (χ2v) is 6.49.